The van der Waals surface area contributed by atoms with Crippen molar-refractivity contribution in [2.45, 2.75) is 51.6 Å². The summed E-state index contributed by atoms with van der Waals surface area (Å²) >= 11 is 0. The molecule has 152 valence electrons. The molecule has 0 radical (unpaired) electrons. The zero-order chi connectivity index (χ0) is 18.9. The Labute approximate surface area is 185 Å². The quantitative estimate of drug-likeness (QED) is 0.599. The summed E-state index contributed by atoms with van der Waals surface area (Å²) in [6.07, 6.45) is 6.49. The predicted molar refractivity (Wildman–Crippen MR) is 125 cm³/mol. The van der Waals surface area contributed by atoms with Crippen molar-refractivity contribution in [3.8, 4) is 0 Å². The fourth-order valence-corrected chi connectivity index (χ4v) is 4.29. The number of rotatable bonds is 3. The number of guanidine groups is 1. The highest BCUT2D eigenvalue weighted by Crippen LogP contribution is 2.31. The Morgan fingerprint density at radius 3 is 2.64 bits per heavy atom. The van der Waals surface area contributed by atoms with E-state index in [2.05, 4.69) is 76.7 Å². The van der Waals surface area contributed by atoms with Gasteiger partial charge in [-0.25, -0.2) is 4.98 Å². The standard InChI is InChI=1S/C22H31N5.HI/c1-22(2,3)27-17-23-14-20(27)19-10-7-12-25(16-19)21-24-11-13-26(21)15-18-8-5-4-6-9-18;/h4-6,8-9,14,17,19H,7,10-13,15-16H2,1-3H3;1H. The van der Waals surface area contributed by atoms with Crippen LogP contribution in [-0.4, -0.2) is 51.5 Å². The van der Waals surface area contributed by atoms with Crippen LogP contribution < -0.4 is 0 Å². The number of likely N-dealkylation sites (tertiary alicyclic amines) is 1. The lowest BCUT2D eigenvalue weighted by molar-refractivity contribution is 0.258. The van der Waals surface area contributed by atoms with E-state index < -0.39 is 0 Å². The van der Waals surface area contributed by atoms with Crippen molar-refractivity contribution in [1.29, 1.82) is 0 Å². The number of halogens is 1. The molecule has 1 saturated heterocycles. The SMILES string of the molecule is CC(C)(C)n1cncc1C1CCCN(C2=NCCN2Cc2ccccc2)C1.I. The van der Waals surface area contributed by atoms with Crippen molar-refractivity contribution in [3.05, 3.63) is 54.1 Å². The van der Waals surface area contributed by atoms with Gasteiger partial charge in [-0.05, 0) is 39.2 Å². The lowest BCUT2D eigenvalue weighted by Gasteiger charge is -2.38. The fourth-order valence-electron chi connectivity index (χ4n) is 4.29. The minimum absolute atomic E-state index is 0. The van der Waals surface area contributed by atoms with Crippen LogP contribution in [0.5, 0.6) is 0 Å². The highest BCUT2D eigenvalue weighted by atomic mass is 127. The van der Waals surface area contributed by atoms with Crippen LogP contribution in [0, 0.1) is 0 Å². The van der Waals surface area contributed by atoms with Crippen LogP contribution in [0.25, 0.3) is 0 Å². The molecule has 0 spiro atoms. The first-order chi connectivity index (χ1) is 13.0. The smallest absolute Gasteiger partial charge is 0.197 e. The molecule has 0 saturated carbocycles. The number of benzene rings is 1. The summed E-state index contributed by atoms with van der Waals surface area (Å²) in [5.74, 6) is 1.70. The van der Waals surface area contributed by atoms with Crippen molar-refractivity contribution in [1.82, 2.24) is 19.4 Å². The summed E-state index contributed by atoms with van der Waals surface area (Å²) in [5.41, 5.74) is 2.78. The maximum atomic E-state index is 4.87. The average Bonchev–Trinajstić information content (AvgIpc) is 3.32. The van der Waals surface area contributed by atoms with E-state index in [-0.39, 0.29) is 29.5 Å². The topological polar surface area (TPSA) is 36.7 Å². The van der Waals surface area contributed by atoms with E-state index in [4.69, 9.17) is 4.99 Å². The van der Waals surface area contributed by atoms with Crippen molar-refractivity contribution in [2.75, 3.05) is 26.2 Å². The Kier molecular flexibility index (Phi) is 6.68. The predicted octanol–water partition coefficient (Wildman–Crippen LogP) is 4.31. The third kappa shape index (κ3) is 4.53. The van der Waals surface area contributed by atoms with Crippen LogP contribution in [0.2, 0.25) is 0 Å². The van der Waals surface area contributed by atoms with Gasteiger partial charge in [0.15, 0.2) is 5.96 Å². The first-order valence-corrected chi connectivity index (χ1v) is 10.1. The number of aromatic nitrogens is 2. The lowest BCUT2D eigenvalue weighted by atomic mass is 9.94. The minimum Gasteiger partial charge on any atom is -0.342 e. The molecule has 1 aromatic heterocycles. The van der Waals surface area contributed by atoms with Crippen LogP contribution in [-0.2, 0) is 12.1 Å². The molecule has 0 bridgehead atoms. The Balaban J connectivity index is 0.00000225. The summed E-state index contributed by atoms with van der Waals surface area (Å²) in [7, 11) is 0. The van der Waals surface area contributed by atoms with E-state index in [1.165, 1.54) is 30.1 Å². The van der Waals surface area contributed by atoms with Gasteiger partial charge in [0.05, 0.1) is 12.9 Å². The molecular formula is C22H32IN5. The average molecular weight is 493 g/mol. The first-order valence-electron chi connectivity index (χ1n) is 10.1. The normalized spacial score (nSPS) is 20.1. The second-order valence-corrected chi connectivity index (χ2v) is 8.73. The maximum Gasteiger partial charge on any atom is 0.197 e. The highest BCUT2D eigenvalue weighted by molar-refractivity contribution is 14.0. The molecule has 2 aromatic rings. The third-order valence-corrected chi connectivity index (χ3v) is 5.63. The summed E-state index contributed by atoms with van der Waals surface area (Å²) < 4.78 is 2.35. The Morgan fingerprint density at radius 1 is 1.11 bits per heavy atom. The molecule has 2 aliphatic heterocycles. The van der Waals surface area contributed by atoms with E-state index >= 15 is 0 Å². The van der Waals surface area contributed by atoms with Gasteiger partial charge >= 0.3 is 0 Å². The number of aliphatic imine (C=N–C) groups is 1. The molecule has 0 amide bonds. The second-order valence-electron chi connectivity index (χ2n) is 8.73. The molecule has 2 aliphatic rings. The molecule has 1 aromatic carbocycles. The van der Waals surface area contributed by atoms with E-state index in [1.54, 1.807) is 0 Å². The molecule has 0 aliphatic carbocycles. The minimum atomic E-state index is 0. The number of piperidine rings is 1. The lowest BCUT2D eigenvalue weighted by Crippen LogP contribution is -2.46. The zero-order valence-corrected chi connectivity index (χ0v) is 19.5. The van der Waals surface area contributed by atoms with Gasteiger partial charge in [-0.2, -0.15) is 0 Å². The molecule has 4 rings (SSSR count). The molecule has 5 nitrogen and oxygen atoms in total. The highest BCUT2D eigenvalue weighted by Gasteiger charge is 2.31. The Bertz CT molecular complexity index is 793. The molecule has 1 fully saturated rings. The van der Waals surface area contributed by atoms with E-state index in [0.29, 0.717) is 5.92 Å². The summed E-state index contributed by atoms with van der Waals surface area (Å²) in [4.78, 5) is 14.3. The number of imidazole rings is 1. The monoisotopic (exact) mass is 493 g/mol. The molecule has 0 N–H and O–H groups in total. The van der Waals surface area contributed by atoms with E-state index in [0.717, 1.165) is 32.7 Å². The first kappa shape index (κ1) is 21.1. The molecule has 6 heteroatoms. The van der Waals surface area contributed by atoms with Crippen molar-refractivity contribution in [2.24, 2.45) is 4.99 Å². The van der Waals surface area contributed by atoms with Crippen LogP contribution in [0.3, 0.4) is 0 Å². The fraction of sp³-hybridized carbons (Fsp3) is 0.545. The zero-order valence-electron chi connectivity index (χ0n) is 17.2. The van der Waals surface area contributed by atoms with Crippen molar-refractivity contribution in [3.63, 3.8) is 0 Å². The third-order valence-electron chi connectivity index (χ3n) is 5.63. The van der Waals surface area contributed by atoms with Gasteiger partial charge in [-0.3, -0.25) is 4.99 Å². The van der Waals surface area contributed by atoms with Crippen LogP contribution in [0.15, 0.2) is 47.8 Å². The maximum absolute atomic E-state index is 4.87. The summed E-state index contributed by atoms with van der Waals surface area (Å²) in [6.45, 7) is 11.8. The van der Waals surface area contributed by atoms with E-state index in [9.17, 15) is 0 Å². The number of hydrogen-bond acceptors (Lipinski definition) is 4. The summed E-state index contributed by atoms with van der Waals surface area (Å²) in [5, 5.41) is 0. The van der Waals surface area contributed by atoms with Gasteiger partial charge in [-0.15, -0.1) is 24.0 Å². The summed E-state index contributed by atoms with van der Waals surface area (Å²) in [6, 6.07) is 10.7. The van der Waals surface area contributed by atoms with E-state index in [1.807, 2.05) is 6.33 Å². The van der Waals surface area contributed by atoms with Crippen molar-refractivity contribution < 1.29 is 0 Å². The Morgan fingerprint density at radius 2 is 1.89 bits per heavy atom. The van der Waals surface area contributed by atoms with Gasteiger partial charge in [0.2, 0.25) is 0 Å². The molecule has 3 heterocycles. The van der Waals surface area contributed by atoms with Crippen LogP contribution >= 0.6 is 24.0 Å². The number of hydrogen-bond donors (Lipinski definition) is 0. The van der Waals surface area contributed by atoms with Gasteiger partial charge in [0.1, 0.15) is 0 Å². The van der Waals surface area contributed by atoms with Gasteiger partial charge in [-0.1, -0.05) is 30.3 Å². The van der Waals surface area contributed by atoms with Gasteiger partial charge in [0, 0.05) is 49.5 Å². The molecule has 1 unspecified atom stereocenters. The molecule has 1 atom stereocenters. The molecular weight excluding hydrogens is 461 g/mol. The number of nitrogens with zero attached hydrogens (tertiary/aromatic N) is 5. The Hall–Kier alpha value is -1.57. The van der Waals surface area contributed by atoms with Gasteiger partial charge in [0.25, 0.3) is 0 Å². The van der Waals surface area contributed by atoms with Crippen LogP contribution in [0.4, 0.5) is 0 Å². The molecule has 28 heavy (non-hydrogen) atoms. The van der Waals surface area contributed by atoms with Gasteiger partial charge < -0.3 is 14.4 Å². The van der Waals surface area contributed by atoms with Crippen LogP contribution in [0.1, 0.15) is 50.8 Å². The largest absolute Gasteiger partial charge is 0.342 e. The van der Waals surface area contributed by atoms with Crippen molar-refractivity contribution >= 4 is 29.9 Å². The second kappa shape index (κ2) is 8.84.